The number of anilines is 1. The van der Waals surface area contributed by atoms with Gasteiger partial charge in [-0.1, -0.05) is 17.7 Å². The van der Waals surface area contributed by atoms with Crippen LogP contribution in [0.25, 0.3) is 0 Å². The van der Waals surface area contributed by atoms with Gasteiger partial charge in [0.1, 0.15) is 18.5 Å². The molecule has 31 heavy (non-hydrogen) atoms. The van der Waals surface area contributed by atoms with Gasteiger partial charge in [0.25, 0.3) is 0 Å². The lowest BCUT2D eigenvalue weighted by Crippen LogP contribution is -2.45. The largest absolute Gasteiger partial charge is 0.496 e. The number of carbonyl (C=O) groups excluding carboxylic acids is 1. The summed E-state index contributed by atoms with van der Waals surface area (Å²) in [6, 6.07) is 5.62. The normalized spacial score (nSPS) is 16.6. The van der Waals surface area contributed by atoms with E-state index in [0.717, 1.165) is 0 Å². The molecule has 2 heterocycles. The maximum absolute atomic E-state index is 15.6. The van der Waals surface area contributed by atoms with Gasteiger partial charge in [0.2, 0.25) is 0 Å². The number of pyridine rings is 1. The molecule has 1 aromatic heterocycles. The van der Waals surface area contributed by atoms with E-state index in [2.05, 4.69) is 10.3 Å². The van der Waals surface area contributed by atoms with Crippen LogP contribution < -0.4 is 10.1 Å². The number of amides is 2. The molecule has 0 aliphatic carbocycles. The van der Waals surface area contributed by atoms with E-state index in [9.17, 15) is 14.3 Å². The molecule has 1 atom stereocenters. The van der Waals surface area contributed by atoms with E-state index in [1.807, 2.05) is 0 Å². The molecule has 2 amide bonds. The quantitative estimate of drug-likeness (QED) is 0.617. The van der Waals surface area contributed by atoms with Crippen molar-refractivity contribution in [1.82, 2.24) is 9.88 Å². The van der Waals surface area contributed by atoms with Crippen LogP contribution in [0.2, 0.25) is 5.02 Å². The van der Waals surface area contributed by atoms with Gasteiger partial charge < -0.3 is 25.2 Å². The van der Waals surface area contributed by atoms with Crippen molar-refractivity contribution in [1.29, 1.82) is 0 Å². The molecule has 3 rings (SSSR count). The number of aliphatic hydroxyl groups excluding tert-OH is 2. The van der Waals surface area contributed by atoms with Crippen molar-refractivity contribution >= 4 is 23.3 Å². The molecule has 0 saturated carbocycles. The number of ether oxygens (including phenoxy) is 1. The Balaban J connectivity index is 1.65. The van der Waals surface area contributed by atoms with Gasteiger partial charge in [0.05, 0.1) is 24.4 Å². The number of rotatable bonds is 6. The number of urea groups is 1. The van der Waals surface area contributed by atoms with E-state index < -0.39 is 31.1 Å². The number of nitrogens with zero attached hydrogens (tertiary/aromatic N) is 2. The fourth-order valence-corrected chi connectivity index (χ4v) is 3.85. The summed E-state index contributed by atoms with van der Waals surface area (Å²) < 4.78 is 33.6. The monoisotopic (exact) mass is 455 g/mol. The molecule has 1 aliphatic heterocycles. The Kier molecular flexibility index (Phi) is 7.30. The van der Waals surface area contributed by atoms with Crippen LogP contribution in [0.1, 0.15) is 35.8 Å². The fourth-order valence-electron chi connectivity index (χ4n) is 3.51. The SMILES string of the molecule is COc1cc(NC(=O)N2CCC(F)(c3ncc([C@@H](O)CO)cc3Cl)CC2)ccc1CF. The van der Waals surface area contributed by atoms with Crippen molar-refractivity contribution in [2.45, 2.75) is 31.3 Å². The highest BCUT2D eigenvalue weighted by Crippen LogP contribution is 2.40. The van der Waals surface area contributed by atoms with Crippen molar-refractivity contribution in [2.24, 2.45) is 0 Å². The summed E-state index contributed by atoms with van der Waals surface area (Å²) in [6.07, 6.45) is 0.146. The second kappa shape index (κ2) is 9.76. The maximum Gasteiger partial charge on any atom is 0.321 e. The lowest BCUT2D eigenvalue weighted by atomic mass is 9.89. The molecule has 3 N–H and O–H groups in total. The number of carbonyl (C=O) groups is 1. The zero-order valence-electron chi connectivity index (χ0n) is 16.9. The Morgan fingerprint density at radius 1 is 1.39 bits per heavy atom. The summed E-state index contributed by atoms with van der Waals surface area (Å²) in [5, 5.41) is 21.5. The number of halogens is 3. The molecule has 1 aliphatic rings. The van der Waals surface area contributed by atoms with Crippen LogP contribution in [0.4, 0.5) is 19.3 Å². The molecular weight excluding hydrogens is 432 g/mol. The van der Waals surface area contributed by atoms with Gasteiger partial charge in [-0.15, -0.1) is 0 Å². The highest BCUT2D eigenvalue weighted by Gasteiger charge is 2.40. The lowest BCUT2D eigenvalue weighted by molar-refractivity contribution is 0.0679. The minimum absolute atomic E-state index is 0.000843. The summed E-state index contributed by atoms with van der Waals surface area (Å²) in [6.45, 7) is -0.897. The van der Waals surface area contributed by atoms with Crippen LogP contribution in [0.3, 0.4) is 0 Å². The van der Waals surface area contributed by atoms with Crippen LogP contribution in [0, 0.1) is 0 Å². The average Bonchev–Trinajstić information content (AvgIpc) is 2.78. The summed E-state index contributed by atoms with van der Waals surface area (Å²) >= 11 is 6.19. The molecule has 1 saturated heterocycles. The number of hydrogen-bond donors (Lipinski definition) is 3. The molecule has 0 radical (unpaired) electrons. The van der Waals surface area contributed by atoms with E-state index in [1.54, 1.807) is 6.07 Å². The van der Waals surface area contributed by atoms with Crippen LogP contribution in [-0.4, -0.2) is 52.9 Å². The van der Waals surface area contributed by atoms with Crippen molar-refractivity contribution in [3.63, 3.8) is 0 Å². The minimum atomic E-state index is -1.82. The predicted octanol–water partition coefficient (Wildman–Crippen LogP) is 3.73. The van der Waals surface area contributed by atoms with Gasteiger partial charge in [0.15, 0.2) is 5.67 Å². The Morgan fingerprint density at radius 3 is 2.68 bits per heavy atom. The van der Waals surface area contributed by atoms with Crippen LogP contribution in [-0.2, 0) is 12.3 Å². The van der Waals surface area contributed by atoms with Gasteiger partial charge in [0, 0.05) is 55.0 Å². The van der Waals surface area contributed by atoms with Crippen LogP contribution in [0.15, 0.2) is 30.5 Å². The first-order chi connectivity index (χ1) is 14.8. The molecule has 2 aromatic rings. The molecule has 7 nitrogen and oxygen atoms in total. The molecule has 10 heteroatoms. The second-order valence-electron chi connectivity index (χ2n) is 7.34. The highest BCUT2D eigenvalue weighted by molar-refractivity contribution is 6.31. The Bertz CT molecular complexity index is 939. The lowest BCUT2D eigenvalue weighted by Gasteiger charge is -2.36. The summed E-state index contributed by atoms with van der Waals surface area (Å²) in [7, 11) is 1.42. The van der Waals surface area contributed by atoms with Gasteiger partial charge in [-0.3, -0.25) is 4.98 Å². The van der Waals surface area contributed by atoms with E-state index in [-0.39, 0.29) is 36.6 Å². The first-order valence-electron chi connectivity index (χ1n) is 9.74. The van der Waals surface area contributed by atoms with Crippen molar-refractivity contribution in [3.8, 4) is 5.75 Å². The molecule has 168 valence electrons. The standard InChI is InChI=1S/C21H24ClF2N3O4/c1-31-18-9-15(3-2-13(18)10-23)26-20(30)27-6-4-21(24,5-7-27)19-16(22)8-14(11-25-19)17(29)12-28/h2-3,8-9,11,17,28-29H,4-7,10,12H2,1H3,(H,26,30)/t17-/m0/s1. The highest BCUT2D eigenvalue weighted by atomic mass is 35.5. The Hall–Kier alpha value is -2.49. The van der Waals surface area contributed by atoms with E-state index >= 15 is 4.39 Å². The van der Waals surface area contributed by atoms with Gasteiger partial charge in [-0.2, -0.15) is 0 Å². The van der Waals surface area contributed by atoms with Crippen molar-refractivity contribution in [3.05, 3.63) is 52.3 Å². The Labute approximate surface area is 183 Å². The zero-order valence-corrected chi connectivity index (χ0v) is 17.7. The first kappa shape index (κ1) is 23.2. The number of benzene rings is 1. The number of aromatic nitrogens is 1. The summed E-state index contributed by atoms with van der Waals surface area (Å²) in [5.74, 6) is 0.331. The number of likely N-dealkylation sites (tertiary alicyclic amines) is 1. The zero-order chi connectivity index (χ0) is 22.6. The third-order valence-electron chi connectivity index (χ3n) is 5.37. The minimum Gasteiger partial charge on any atom is -0.496 e. The smallest absolute Gasteiger partial charge is 0.321 e. The predicted molar refractivity (Wildman–Crippen MR) is 112 cm³/mol. The molecular formula is C21H24ClF2N3O4. The number of piperidine rings is 1. The molecule has 0 spiro atoms. The van der Waals surface area contributed by atoms with Crippen molar-refractivity contribution in [2.75, 3.05) is 32.1 Å². The van der Waals surface area contributed by atoms with Gasteiger partial charge in [-0.25, -0.2) is 13.6 Å². The van der Waals surface area contributed by atoms with Crippen molar-refractivity contribution < 1.29 is 28.5 Å². The number of aliphatic hydroxyl groups is 2. The summed E-state index contributed by atoms with van der Waals surface area (Å²) in [5.41, 5.74) is -0.648. The molecule has 0 unspecified atom stereocenters. The van der Waals surface area contributed by atoms with Gasteiger partial charge >= 0.3 is 6.03 Å². The first-order valence-corrected chi connectivity index (χ1v) is 10.1. The number of methoxy groups -OCH3 is 1. The Morgan fingerprint density at radius 2 is 2.10 bits per heavy atom. The van der Waals surface area contributed by atoms with Gasteiger partial charge in [-0.05, 0) is 12.1 Å². The topological polar surface area (TPSA) is 94.9 Å². The average molecular weight is 456 g/mol. The number of alkyl halides is 2. The third-order valence-corrected chi connectivity index (χ3v) is 5.66. The molecule has 0 bridgehead atoms. The number of hydrogen-bond acceptors (Lipinski definition) is 5. The molecule has 1 fully saturated rings. The maximum atomic E-state index is 15.6. The third kappa shape index (κ3) is 5.06. The summed E-state index contributed by atoms with van der Waals surface area (Å²) in [4.78, 5) is 18.1. The van der Waals surface area contributed by atoms with E-state index in [1.165, 1.54) is 36.4 Å². The number of nitrogens with one attached hydrogen (secondary N) is 1. The second-order valence-corrected chi connectivity index (χ2v) is 7.75. The molecule has 1 aromatic carbocycles. The van der Waals surface area contributed by atoms with Crippen LogP contribution in [0.5, 0.6) is 5.75 Å². The van der Waals surface area contributed by atoms with Crippen LogP contribution >= 0.6 is 11.6 Å². The van der Waals surface area contributed by atoms with E-state index in [0.29, 0.717) is 22.6 Å². The fraction of sp³-hybridized carbons (Fsp3) is 0.429. The van der Waals surface area contributed by atoms with E-state index in [4.69, 9.17) is 21.4 Å².